The SMILES string of the molecule is CC(=O)[O-].CC(=O)[O-].CN1CCN(C)CCN(Cc2cc(CN3CCN(C)CCN(C)CC3)[n-]n2)CC1.[Fe+4].[Fe+5].[O-][Cl+3]([O-])([O-])[O-]. The maximum Gasteiger partial charge on any atom is 5.00 e. The molecule has 19 heteroatoms. The van der Waals surface area contributed by atoms with Crippen LogP contribution < -0.4 is 33.9 Å². The zero-order valence-electron chi connectivity index (χ0n) is 26.4. The molecule has 16 nitrogen and oxygen atoms in total. The molecule has 253 valence electrons. The van der Waals surface area contributed by atoms with Crippen molar-refractivity contribution in [2.45, 2.75) is 26.9 Å². The third-order valence-electron chi connectivity index (χ3n) is 6.33. The van der Waals surface area contributed by atoms with E-state index in [-0.39, 0.29) is 34.1 Å². The van der Waals surface area contributed by atoms with Crippen molar-refractivity contribution < 1.29 is 82.8 Å². The zero-order valence-corrected chi connectivity index (χ0v) is 29.4. The van der Waals surface area contributed by atoms with Crippen LogP contribution in [0.25, 0.3) is 0 Å². The molecule has 0 bridgehead atoms. The molecule has 44 heavy (non-hydrogen) atoms. The van der Waals surface area contributed by atoms with E-state index in [1.54, 1.807) is 0 Å². The van der Waals surface area contributed by atoms with E-state index in [0.717, 1.165) is 117 Å². The molecule has 0 saturated carbocycles. The van der Waals surface area contributed by atoms with Gasteiger partial charge >= 0.3 is 34.1 Å². The number of carboxylic acids is 2. The van der Waals surface area contributed by atoms with Crippen molar-refractivity contribution in [3.8, 4) is 0 Å². The first kappa shape index (κ1) is 47.5. The number of carbonyl (C=O) groups is 2. The molecule has 3 rings (SSSR count). The van der Waals surface area contributed by atoms with Gasteiger partial charge in [0.15, 0.2) is 0 Å². The maximum absolute atomic E-state index is 8.89. The Kier molecular flexibility index (Phi) is 28.3. The fourth-order valence-electron chi connectivity index (χ4n) is 3.91. The van der Waals surface area contributed by atoms with Crippen LogP contribution in [0, 0.1) is 10.2 Å². The van der Waals surface area contributed by atoms with Crippen LogP contribution in [0.5, 0.6) is 0 Å². The molecule has 0 spiro atoms. The van der Waals surface area contributed by atoms with E-state index in [4.69, 9.17) is 38.4 Å². The number of nitrogens with zero attached hydrogens (tertiary/aromatic N) is 8. The molecule has 2 aliphatic rings. The molecule has 0 aromatic carbocycles. The summed E-state index contributed by atoms with van der Waals surface area (Å²) in [6, 6.07) is 2.22. The van der Waals surface area contributed by atoms with Gasteiger partial charge in [0.1, 0.15) is 0 Å². The van der Waals surface area contributed by atoms with Crippen LogP contribution in [0.3, 0.4) is 0 Å². The van der Waals surface area contributed by atoms with E-state index in [1.165, 1.54) is 0 Å². The molecule has 2 aliphatic heterocycles. The Balaban J connectivity index is -0.000000951. The van der Waals surface area contributed by atoms with E-state index in [0.29, 0.717) is 0 Å². The molecule has 0 amide bonds. The Bertz CT molecular complexity index is 785. The standard InChI is InChI=1S/C21H41N8.2C2H4O2.ClHO4.2Fe/c1-24-5-6-25(2)10-14-28(13-9-24)18-20-17-21(23-22-20)19-29-15-11-26(3)7-8-27(4)12-16-29;2*1-2(3)4;2-1(3,4)5;;/h17H,5-16,18-19H2,1-4H3;2*1H3,(H,3,4);(H,2,3,4,5);;/q-1;;;;+4;+5/p-3. The van der Waals surface area contributed by atoms with Gasteiger partial charge < -0.3 is 49.6 Å². The Morgan fingerprint density at radius 3 is 1.23 bits per heavy atom. The monoisotopic (exact) mass is 734 g/mol. The van der Waals surface area contributed by atoms with Crippen LogP contribution in [0.4, 0.5) is 0 Å². The topological polar surface area (TPSA) is 219 Å². The van der Waals surface area contributed by atoms with Crippen LogP contribution in [0.2, 0.25) is 0 Å². The van der Waals surface area contributed by atoms with Gasteiger partial charge in [0, 0.05) is 109 Å². The summed E-state index contributed by atoms with van der Waals surface area (Å²) in [7, 11) is 3.94. The molecule has 2 fully saturated rings. The Morgan fingerprint density at radius 2 is 0.932 bits per heavy atom. The van der Waals surface area contributed by atoms with Crippen LogP contribution >= 0.6 is 0 Å². The first-order valence-electron chi connectivity index (χ1n) is 13.6. The van der Waals surface area contributed by atoms with Crippen molar-refractivity contribution >= 4 is 11.9 Å². The molecule has 1 aromatic heterocycles. The first-order chi connectivity index (χ1) is 19.4. The van der Waals surface area contributed by atoms with Gasteiger partial charge in [0.05, 0.1) is 0 Å². The van der Waals surface area contributed by atoms with E-state index < -0.39 is 22.2 Å². The van der Waals surface area contributed by atoms with Crippen LogP contribution in [0.1, 0.15) is 25.2 Å². The summed E-state index contributed by atoms with van der Waals surface area (Å²) < 4.78 is 34.0. The minimum Gasteiger partial charge on any atom is -0.578 e. The first-order valence-corrected chi connectivity index (χ1v) is 14.8. The number of halogens is 1. The van der Waals surface area contributed by atoms with Crippen molar-refractivity contribution in [3.05, 3.63) is 17.5 Å². The third-order valence-corrected chi connectivity index (χ3v) is 6.33. The number of carbonyl (C=O) groups excluding carboxylic acids is 2. The van der Waals surface area contributed by atoms with Crippen LogP contribution in [-0.2, 0) is 56.8 Å². The summed E-state index contributed by atoms with van der Waals surface area (Å²) in [5.74, 6) is -2.17. The second-order valence-corrected chi connectivity index (χ2v) is 11.2. The molecule has 0 aliphatic carbocycles. The zero-order chi connectivity index (χ0) is 32.3. The summed E-state index contributed by atoms with van der Waals surface area (Å²) in [4.78, 5) is 32.5. The molecular formula is C25H47ClFe2N8O8+5. The van der Waals surface area contributed by atoms with Gasteiger partial charge in [-0.25, -0.2) is 18.6 Å². The number of aliphatic carboxylic acids is 2. The third kappa shape index (κ3) is 31.1. The van der Waals surface area contributed by atoms with Gasteiger partial charge in [0.25, 0.3) is 0 Å². The average molecular weight is 735 g/mol. The van der Waals surface area contributed by atoms with Gasteiger partial charge in [-0.3, -0.25) is 9.80 Å². The average Bonchev–Trinajstić information content (AvgIpc) is 3.32. The van der Waals surface area contributed by atoms with E-state index in [1.807, 2.05) is 0 Å². The van der Waals surface area contributed by atoms with E-state index in [2.05, 4.69) is 73.9 Å². The number of likely N-dealkylation sites (N-methyl/N-ethyl adjacent to an activating group) is 4. The molecular weight excluding hydrogens is 687 g/mol. The van der Waals surface area contributed by atoms with Gasteiger partial charge in [0.2, 0.25) is 0 Å². The fourth-order valence-corrected chi connectivity index (χ4v) is 3.91. The maximum atomic E-state index is 8.89. The molecule has 1 aromatic rings. The van der Waals surface area contributed by atoms with E-state index >= 15 is 0 Å². The number of carboxylic acid groups (broad SMARTS) is 2. The Labute approximate surface area is 284 Å². The Hall–Kier alpha value is -0.921. The minimum absolute atomic E-state index is 0. The molecule has 0 N–H and O–H groups in total. The smallest absolute Gasteiger partial charge is 0.578 e. The molecule has 1 radical (unpaired) electrons. The second-order valence-electron chi connectivity index (χ2n) is 10.5. The van der Waals surface area contributed by atoms with Crippen molar-refractivity contribution in [2.75, 3.05) is 107 Å². The Morgan fingerprint density at radius 1 is 0.682 bits per heavy atom. The normalized spacial score (nSPS) is 18.6. The molecule has 3 heterocycles. The second kappa shape index (κ2) is 26.2. The summed E-state index contributed by atoms with van der Waals surface area (Å²) in [5.41, 5.74) is 2.23. The molecule has 2 saturated heterocycles. The van der Waals surface area contributed by atoms with E-state index in [9.17, 15) is 0 Å². The largest absolute Gasteiger partial charge is 5.00 e. The van der Waals surface area contributed by atoms with Crippen molar-refractivity contribution in [1.82, 2.24) is 39.6 Å². The van der Waals surface area contributed by atoms with Crippen LogP contribution in [0.15, 0.2) is 6.07 Å². The summed E-state index contributed by atoms with van der Waals surface area (Å²) in [6.07, 6.45) is 0. The molecule has 0 atom stereocenters. The quantitative estimate of drug-likeness (QED) is 0.262. The number of aromatic nitrogens is 2. The van der Waals surface area contributed by atoms with Crippen molar-refractivity contribution in [1.29, 1.82) is 0 Å². The number of hydrogen-bond donors (Lipinski definition) is 0. The fraction of sp³-hybridized carbons (Fsp3) is 0.800. The summed E-state index contributed by atoms with van der Waals surface area (Å²) in [5, 5.41) is 26.8. The summed E-state index contributed by atoms with van der Waals surface area (Å²) >= 11 is 0. The predicted octanol–water partition coefficient (Wildman–Crippen LogP) is -7.85. The number of hydrogen-bond acceptors (Lipinski definition) is 15. The number of rotatable bonds is 4. The summed E-state index contributed by atoms with van der Waals surface area (Å²) in [6.45, 7) is 17.2. The predicted molar refractivity (Wildman–Crippen MR) is 139 cm³/mol. The molecule has 0 unspecified atom stereocenters. The van der Waals surface area contributed by atoms with Crippen molar-refractivity contribution in [2.24, 2.45) is 0 Å². The van der Waals surface area contributed by atoms with Gasteiger partial charge in [-0.15, -0.1) is 15.9 Å². The van der Waals surface area contributed by atoms with Crippen molar-refractivity contribution in [3.63, 3.8) is 0 Å². The van der Waals surface area contributed by atoms with Gasteiger partial charge in [-0.05, 0) is 42.0 Å². The van der Waals surface area contributed by atoms with Gasteiger partial charge in [-0.2, -0.15) is 0 Å². The van der Waals surface area contributed by atoms with Gasteiger partial charge in [-0.1, -0.05) is 6.07 Å². The minimum atomic E-state index is -4.94. The van der Waals surface area contributed by atoms with Crippen LogP contribution in [-0.4, -0.2) is 153 Å².